The van der Waals surface area contributed by atoms with E-state index in [1.165, 1.54) is 0 Å². The third-order valence-electron chi connectivity index (χ3n) is 2.69. The monoisotopic (exact) mass is 227 g/mol. The molecule has 2 N–H and O–H groups in total. The van der Waals surface area contributed by atoms with Gasteiger partial charge in [-0.1, -0.05) is 13.0 Å². The Bertz CT molecular complexity index is 580. The van der Waals surface area contributed by atoms with Crippen LogP contribution in [0.3, 0.4) is 0 Å². The molecule has 1 unspecified atom stereocenters. The van der Waals surface area contributed by atoms with Crippen molar-refractivity contribution in [2.75, 3.05) is 0 Å². The maximum atomic E-state index is 11.9. The van der Waals surface area contributed by atoms with E-state index in [0.717, 1.165) is 10.9 Å². The van der Waals surface area contributed by atoms with E-state index in [2.05, 4.69) is 10.3 Å². The predicted molar refractivity (Wildman–Crippen MR) is 65.5 cm³/mol. The quantitative estimate of drug-likeness (QED) is 0.844. The van der Waals surface area contributed by atoms with E-state index in [1.54, 1.807) is 12.1 Å². The van der Waals surface area contributed by atoms with Gasteiger partial charge < -0.3 is 10.3 Å². The van der Waals surface area contributed by atoms with Gasteiger partial charge in [-0.3, -0.25) is 4.79 Å². The largest absolute Gasteiger partial charge is 0.361 e. The maximum Gasteiger partial charge on any atom is 0.252 e. The molecule has 1 aromatic heterocycles. The number of fused-ring (bicyclic) bond motifs is 1. The first-order valence-corrected chi connectivity index (χ1v) is 5.52. The van der Waals surface area contributed by atoms with E-state index in [0.29, 0.717) is 12.0 Å². The Balaban J connectivity index is 2.21. The summed E-state index contributed by atoms with van der Waals surface area (Å²) in [6.45, 7) is 1.86. The van der Waals surface area contributed by atoms with Gasteiger partial charge in [0.15, 0.2) is 0 Å². The van der Waals surface area contributed by atoms with Gasteiger partial charge in [-0.25, -0.2) is 0 Å². The first-order valence-electron chi connectivity index (χ1n) is 5.52. The van der Waals surface area contributed by atoms with Crippen molar-refractivity contribution in [1.82, 2.24) is 10.3 Å². The second-order valence-corrected chi connectivity index (χ2v) is 3.84. The number of nitrogens with one attached hydrogen (secondary N) is 2. The van der Waals surface area contributed by atoms with Crippen LogP contribution in [0.25, 0.3) is 10.9 Å². The first-order chi connectivity index (χ1) is 8.24. The van der Waals surface area contributed by atoms with Gasteiger partial charge in [0.05, 0.1) is 6.07 Å². The average Bonchev–Trinajstić information content (AvgIpc) is 2.82. The normalized spacial score (nSPS) is 12.0. The molecule has 2 aromatic rings. The Morgan fingerprint density at radius 2 is 2.35 bits per heavy atom. The number of H-pyrrole nitrogens is 1. The Hall–Kier alpha value is -2.28. The van der Waals surface area contributed by atoms with Gasteiger partial charge in [-0.15, -0.1) is 0 Å². The van der Waals surface area contributed by atoms with Gasteiger partial charge in [-0.05, 0) is 30.0 Å². The van der Waals surface area contributed by atoms with Crippen LogP contribution in [0.5, 0.6) is 0 Å². The number of nitrogens with zero attached hydrogens (tertiary/aromatic N) is 1. The number of hydrogen-bond acceptors (Lipinski definition) is 2. The summed E-state index contributed by atoms with van der Waals surface area (Å²) in [6.07, 6.45) is 2.43. The van der Waals surface area contributed by atoms with Crippen molar-refractivity contribution in [1.29, 1.82) is 5.26 Å². The molecule has 1 atom stereocenters. The van der Waals surface area contributed by atoms with Crippen LogP contribution in [-0.4, -0.2) is 16.9 Å². The van der Waals surface area contributed by atoms with Crippen LogP contribution in [0, 0.1) is 11.3 Å². The van der Waals surface area contributed by atoms with Crippen LogP contribution in [-0.2, 0) is 0 Å². The molecule has 0 saturated carbocycles. The molecule has 0 bridgehead atoms. The highest BCUT2D eigenvalue weighted by Crippen LogP contribution is 2.14. The lowest BCUT2D eigenvalue weighted by atomic mass is 10.1. The van der Waals surface area contributed by atoms with Crippen molar-refractivity contribution < 1.29 is 4.79 Å². The molecule has 4 nitrogen and oxygen atoms in total. The minimum Gasteiger partial charge on any atom is -0.361 e. The van der Waals surface area contributed by atoms with E-state index in [9.17, 15) is 4.79 Å². The van der Waals surface area contributed by atoms with Gasteiger partial charge in [0, 0.05) is 17.3 Å². The van der Waals surface area contributed by atoms with Crippen molar-refractivity contribution in [2.24, 2.45) is 0 Å². The molecule has 2 rings (SSSR count). The summed E-state index contributed by atoms with van der Waals surface area (Å²) >= 11 is 0. The van der Waals surface area contributed by atoms with E-state index >= 15 is 0 Å². The zero-order valence-electron chi connectivity index (χ0n) is 9.53. The Morgan fingerprint density at radius 1 is 1.53 bits per heavy atom. The van der Waals surface area contributed by atoms with Crippen molar-refractivity contribution >= 4 is 16.8 Å². The highest BCUT2D eigenvalue weighted by atomic mass is 16.1. The molecule has 0 aliphatic rings. The highest BCUT2D eigenvalue weighted by molar-refractivity contribution is 5.98. The lowest BCUT2D eigenvalue weighted by molar-refractivity contribution is 0.0945. The van der Waals surface area contributed by atoms with E-state index in [4.69, 9.17) is 5.26 Å². The Kier molecular flexibility index (Phi) is 3.10. The zero-order chi connectivity index (χ0) is 12.3. The van der Waals surface area contributed by atoms with Crippen LogP contribution in [0.2, 0.25) is 0 Å². The van der Waals surface area contributed by atoms with Crippen molar-refractivity contribution in [3.8, 4) is 6.07 Å². The van der Waals surface area contributed by atoms with Gasteiger partial charge in [0.25, 0.3) is 5.91 Å². The second-order valence-electron chi connectivity index (χ2n) is 3.84. The smallest absolute Gasteiger partial charge is 0.252 e. The number of benzene rings is 1. The first kappa shape index (κ1) is 11.2. The Labute approximate surface area is 99.3 Å². The van der Waals surface area contributed by atoms with Crippen molar-refractivity contribution in [3.63, 3.8) is 0 Å². The summed E-state index contributed by atoms with van der Waals surface area (Å²) in [7, 11) is 0. The minimum atomic E-state index is -0.429. The van der Waals surface area contributed by atoms with E-state index in [-0.39, 0.29) is 5.91 Å². The number of nitriles is 1. The van der Waals surface area contributed by atoms with Crippen LogP contribution >= 0.6 is 0 Å². The third-order valence-corrected chi connectivity index (χ3v) is 2.69. The summed E-state index contributed by atoms with van der Waals surface area (Å²) < 4.78 is 0. The molecule has 0 radical (unpaired) electrons. The lowest BCUT2D eigenvalue weighted by Crippen LogP contribution is -2.33. The molecule has 86 valence electrons. The fraction of sp³-hybridized carbons (Fsp3) is 0.231. The highest BCUT2D eigenvalue weighted by Gasteiger charge is 2.11. The molecule has 0 aliphatic heterocycles. The van der Waals surface area contributed by atoms with Gasteiger partial charge in [-0.2, -0.15) is 5.26 Å². The average molecular weight is 227 g/mol. The van der Waals surface area contributed by atoms with Crippen LogP contribution in [0.1, 0.15) is 23.7 Å². The number of aromatic nitrogens is 1. The summed E-state index contributed by atoms with van der Waals surface area (Å²) in [5.41, 5.74) is 1.48. The molecular formula is C13H13N3O. The number of aromatic amines is 1. The molecule has 17 heavy (non-hydrogen) atoms. The summed E-state index contributed by atoms with van der Waals surface area (Å²) in [5.74, 6) is -0.213. The molecule has 4 heteroatoms. The maximum absolute atomic E-state index is 11.9. The molecule has 1 amide bonds. The van der Waals surface area contributed by atoms with Crippen LogP contribution in [0.15, 0.2) is 30.5 Å². The number of rotatable bonds is 3. The molecular weight excluding hydrogens is 214 g/mol. The molecule has 1 heterocycles. The standard InChI is InChI=1S/C13H13N3O/c1-2-11(8-14)16-13(17)10-4-3-9-5-6-15-12(9)7-10/h3-7,11,15H,2H2,1H3,(H,16,17). The predicted octanol–water partition coefficient (Wildman–Crippen LogP) is 2.20. The number of amides is 1. The lowest BCUT2D eigenvalue weighted by Gasteiger charge is -2.08. The molecule has 0 aliphatic carbocycles. The van der Waals surface area contributed by atoms with Gasteiger partial charge in [0.2, 0.25) is 0 Å². The summed E-state index contributed by atoms with van der Waals surface area (Å²) in [6, 6.07) is 8.99. The van der Waals surface area contributed by atoms with Gasteiger partial charge >= 0.3 is 0 Å². The second kappa shape index (κ2) is 4.71. The number of hydrogen-bond donors (Lipinski definition) is 2. The molecule has 0 saturated heterocycles. The minimum absolute atomic E-state index is 0.213. The van der Waals surface area contributed by atoms with E-state index < -0.39 is 6.04 Å². The summed E-state index contributed by atoms with van der Waals surface area (Å²) in [4.78, 5) is 14.9. The topological polar surface area (TPSA) is 68.7 Å². The molecule has 0 spiro atoms. The molecule has 1 aromatic carbocycles. The van der Waals surface area contributed by atoms with Gasteiger partial charge in [0.1, 0.15) is 6.04 Å². The SMILES string of the molecule is CCC(C#N)NC(=O)c1ccc2cc[nH]c2c1. The third kappa shape index (κ3) is 2.28. The molecule has 0 fully saturated rings. The van der Waals surface area contributed by atoms with Crippen LogP contribution in [0.4, 0.5) is 0 Å². The fourth-order valence-corrected chi connectivity index (χ4v) is 1.66. The van der Waals surface area contributed by atoms with Crippen molar-refractivity contribution in [2.45, 2.75) is 19.4 Å². The van der Waals surface area contributed by atoms with Crippen LogP contribution < -0.4 is 5.32 Å². The zero-order valence-corrected chi connectivity index (χ0v) is 9.53. The Morgan fingerprint density at radius 3 is 3.06 bits per heavy atom. The van der Waals surface area contributed by atoms with E-state index in [1.807, 2.05) is 31.3 Å². The summed E-state index contributed by atoms with van der Waals surface area (Å²) in [5, 5.41) is 12.5. The van der Waals surface area contributed by atoms with Crippen molar-refractivity contribution in [3.05, 3.63) is 36.0 Å². The fourth-order valence-electron chi connectivity index (χ4n) is 1.66. The number of carbonyl (C=O) groups is 1. The number of carbonyl (C=O) groups excluding carboxylic acids is 1.